The molecule has 0 spiro atoms. The molecule has 26 heavy (non-hydrogen) atoms. The number of aryl methyl sites for hydroxylation is 1. The lowest BCUT2D eigenvalue weighted by molar-refractivity contribution is 0.190. The molecule has 1 aliphatic carbocycles. The molecule has 4 rings (SSSR count). The zero-order chi connectivity index (χ0) is 18.1. The Kier molecular flexibility index (Phi) is 4.72. The first kappa shape index (κ1) is 17.2. The second-order valence-corrected chi connectivity index (χ2v) is 7.27. The lowest BCUT2D eigenvalue weighted by Gasteiger charge is -2.36. The highest BCUT2D eigenvalue weighted by Gasteiger charge is 2.27. The van der Waals surface area contributed by atoms with E-state index < -0.39 is 0 Å². The van der Waals surface area contributed by atoms with Gasteiger partial charge in [0.05, 0.1) is 6.04 Å². The predicted molar refractivity (Wildman–Crippen MR) is 101 cm³/mol. The number of carbonyl (C=O) groups is 1. The summed E-state index contributed by atoms with van der Waals surface area (Å²) in [5, 5.41) is 3.83. The monoisotopic (exact) mass is 373 g/mol. The number of amides is 2. The van der Waals surface area contributed by atoms with Crippen LogP contribution in [0.15, 0.2) is 42.5 Å². The fourth-order valence-electron chi connectivity index (χ4n) is 3.82. The van der Waals surface area contributed by atoms with Gasteiger partial charge >= 0.3 is 6.03 Å². The molecule has 0 aromatic heterocycles. The van der Waals surface area contributed by atoms with Gasteiger partial charge in [-0.15, -0.1) is 0 Å². The Morgan fingerprint density at radius 3 is 2.69 bits per heavy atom. The van der Waals surface area contributed by atoms with Crippen molar-refractivity contribution in [3.8, 4) is 0 Å². The summed E-state index contributed by atoms with van der Waals surface area (Å²) in [6, 6.07) is 12.6. The number of nitrogens with zero attached hydrogens (tertiary/aromatic N) is 2. The van der Waals surface area contributed by atoms with Crippen LogP contribution in [-0.4, -0.2) is 37.1 Å². The molecule has 0 bridgehead atoms. The van der Waals surface area contributed by atoms with E-state index in [2.05, 4.69) is 10.2 Å². The Bertz CT molecular complexity index is 820. The van der Waals surface area contributed by atoms with Crippen LogP contribution in [0.4, 0.5) is 14.9 Å². The third-order valence-electron chi connectivity index (χ3n) is 5.22. The van der Waals surface area contributed by atoms with E-state index in [0.29, 0.717) is 13.1 Å². The van der Waals surface area contributed by atoms with Crippen LogP contribution in [0.2, 0.25) is 5.02 Å². The maximum absolute atomic E-state index is 13.3. The number of hydrogen-bond acceptors (Lipinski definition) is 2. The maximum Gasteiger partial charge on any atom is 0.318 e. The van der Waals surface area contributed by atoms with Crippen LogP contribution in [0.5, 0.6) is 0 Å². The Balaban J connectivity index is 1.35. The zero-order valence-corrected chi connectivity index (χ0v) is 15.2. The number of hydrogen-bond donors (Lipinski definition) is 1. The minimum absolute atomic E-state index is 0.0240. The van der Waals surface area contributed by atoms with E-state index in [1.54, 1.807) is 12.1 Å². The lowest BCUT2D eigenvalue weighted by atomic mass is 10.1. The van der Waals surface area contributed by atoms with Gasteiger partial charge in [-0.05, 0) is 54.3 Å². The number of fused-ring (bicyclic) bond motifs is 1. The topological polar surface area (TPSA) is 35.6 Å². The molecule has 1 N–H and O–H groups in total. The van der Waals surface area contributed by atoms with Crippen LogP contribution >= 0.6 is 11.6 Å². The fraction of sp³-hybridized carbons (Fsp3) is 0.350. The highest BCUT2D eigenvalue weighted by Crippen LogP contribution is 2.31. The smallest absolute Gasteiger partial charge is 0.318 e. The quantitative estimate of drug-likeness (QED) is 0.863. The Hall–Kier alpha value is -2.27. The van der Waals surface area contributed by atoms with Gasteiger partial charge in [-0.2, -0.15) is 0 Å². The van der Waals surface area contributed by atoms with E-state index in [4.69, 9.17) is 11.6 Å². The van der Waals surface area contributed by atoms with Crippen molar-refractivity contribution in [3.63, 3.8) is 0 Å². The molecule has 1 fully saturated rings. The van der Waals surface area contributed by atoms with Crippen molar-refractivity contribution >= 4 is 23.3 Å². The molecular formula is C20H21ClFN3O. The summed E-state index contributed by atoms with van der Waals surface area (Å²) in [5.41, 5.74) is 3.13. The van der Waals surface area contributed by atoms with Gasteiger partial charge in [0.15, 0.2) is 0 Å². The zero-order valence-electron chi connectivity index (χ0n) is 14.4. The molecule has 1 heterocycles. The Morgan fingerprint density at radius 2 is 1.92 bits per heavy atom. The Morgan fingerprint density at radius 1 is 1.12 bits per heavy atom. The molecule has 1 atom stereocenters. The van der Waals surface area contributed by atoms with Crippen LogP contribution in [0, 0.1) is 5.82 Å². The van der Waals surface area contributed by atoms with Crippen molar-refractivity contribution in [2.24, 2.45) is 0 Å². The van der Waals surface area contributed by atoms with Crippen molar-refractivity contribution in [1.29, 1.82) is 0 Å². The molecule has 0 saturated carbocycles. The number of urea groups is 1. The molecular weight excluding hydrogens is 353 g/mol. The normalized spacial score (nSPS) is 19.4. The standard InChI is InChI=1S/C20H21ClFN3O/c21-15-2-1-3-17(13-15)24-8-10-25(11-9-24)20(26)23-19-7-4-14-12-16(22)5-6-18(14)19/h1-3,5-6,12-13,19H,4,7-11H2,(H,23,26). The summed E-state index contributed by atoms with van der Waals surface area (Å²) in [4.78, 5) is 16.7. The number of anilines is 1. The van der Waals surface area contributed by atoms with Crippen molar-refractivity contribution in [2.75, 3.05) is 31.1 Å². The van der Waals surface area contributed by atoms with E-state index in [9.17, 15) is 9.18 Å². The highest BCUT2D eigenvalue weighted by molar-refractivity contribution is 6.30. The van der Waals surface area contributed by atoms with Gasteiger partial charge in [-0.1, -0.05) is 23.7 Å². The first-order valence-corrected chi connectivity index (χ1v) is 9.32. The number of carbonyl (C=O) groups excluding carboxylic acids is 1. The summed E-state index contributed by atoms with van der Waals surface area (Å²) in [5.74, 6) is -0.215. The summed E-state index contributed by atoms with van der Waals surface area (Å²) < 4.78 is 13.3. The predicted octanol–water partition coefficient (Wildman–Crippen LogP) is 4.00. The van der Waals surface area contributed by atoms with Crippen molar-refractivity contribution < 1.29 is 9.18 Å². The molecule has 1 saturated heterocycles. The third kappa shape index (κ3) is 3.49. The maximum atomic E-state index is 13.3. The molecule has 1 aliphatic heterocycles. The number of rotatable bonds is 2. The van der Waals surface area contributed by atoms with Crippen molar-refractivity contribution in [2.45, 2.75) is 18.9 Å². The molecule has 2 aromatic rings. The number of benzene rings is 2. The van der Waals surface area contributed by atoms with Gasteiger partial charge in [0.25, 0.3) is 0 Å². The fourth-order valence-corrected chi connectivity index (χ4v) is 4.00. The summed E-state index contributed by atoms with van der Waals surface area (Å²) in [7, 11) is 0. The summed E-state index contributed by atoms with van der Waals surface area (Å²) >= 11 is 6.06. The molecule has 136 valence electrons. The van der Waals surface area contributed by atoms with E-state index in [1.807, 2.05) is 29.2 Å². The van der Waals surface area contributed by atoms with Gasteiger partial charge in [0.2, 0.25) is 0 Å². The molecule has 4 nitrogen and oxygen atoms in total. The minimum atomic E-state index is -0.215. The molecule has 2 amide bonds. The average molecular weight is 374 g/mol. The average Bonchev–Trinajstić information content (AvgIpc) is 3.03. The van der Waals surface area contributed by atoms with Crippen molar-refractivity contribution in [3.05, 3.63) is 64.4 Å². The van der Waals surface area contributed by atoms with Crippen LogP contribution in [0.25, 0.3) is 0 Å². The molecule has 1 unspecified atom stereocenters. The van der Waals surface area contributed by atoms with Crippen LogP contribution < -0.4 is 10.2 Å². The summed E-state index contributed by atoms with van der Waals surface area (Å²) in [6.07, 6.45) is 1.63. The van der Waals surface area contributed by atoms with E-state index >= 15 is 0 Å². The SMILES string of the molecule is O=C(NC1CCc2cc(F)ccc21)N1CCN(c2cccc(Cl)c2)CC1. The molecule has 2 aromatic carbocycles. The van der Waals surface area contributed by atoms with Gasteiger partial charge in [-0.25, -0.2) is 9.18 Å². The first-order valence-electron chi connectivity index (χ1n) is 8.94. The molecule has 2 aliphatic rings. The highest BCUT2D eigenvalue weighted by atomic mass is 35.5. The van der Waals surface area contributed by atoms with Gasteiger partial charge in [0.1, 0.15) is 5.82 Å². The van der Waals surface area contributed by atoms with E-state index in [0.717, 1.165) is 47.8 Å². The number of halogens is 2. The van der Waals surface area contributed by atoms with Crippen LogP contribution in [-0.2, 0) is 6.42 Å². The Labute approximate surface area is 157 Å². The second kappa shape index (κ2) is 7.16. The second-order valence-electron chi connectivity index (χ2n) is 6.84. The van der Waals surface area contributed by atoms with Crippen LogP contribution in [0.3, 0.4) is 0 Å². The van der Waals surface area contributed by atoms with Crippen LogP contribution in [0.1, 0.15) is 23.6 Å². The van der Waals surface area contributed by atoms with E-state index in [1.165, 1.54) is 6.07 Å². The minimum Gasteiger partial charge on any atom is -0.368 e. The van der Waals surface area contributed by atoms with Gasteiger partial charge < -0.3 is 15.1 Å². The van der Waals surface area contributed by atoms with Gasteiger partial charge in [0, 0.05) is 36.9 Å². The van der Waals surface area contributed by atoms with Crippen molar-refractivity contribution in [1.82, 2.24) is 10.2 Å². The molecule has 0 radical (unpaired) electrons. The summed E-state index contributed by atoms with van der Waals surface area (Å²) in [6.45, 7) is 2.89. The van der Waals surface area contributed by atoms with Gasteiger partial charge in [-0.3, -0.25) is 0 Å². The number of piperazine rings is 1. The number of nitrogens with one attached hydrogen (secondary N) is 1. The largest absolute Gasteiger partial charge is 0.368 e. The molecule has 6 heteroatoms. The third-order valence-corrected chi connectivity index (χ3v) is 5.46. The first-order chi connectivity index (χ1) is 12.6. The lowest BCUT2D eigenvalue weighted by Crippen LogP contribution is -2.52. The van der Waals surface area contributed by atoms with E-state index in [-0.39, 0.29) is 17.9 Å².